The highest BCUT2D eigenvalue weighted by molar-refractivity contribution is 6.09. The summed E-state index contributed by atoms with van der Waals surface area (Å²) in [5, 5.41) is 11.3. The molecule has 0 saturated carbocycles. The van der Waals surface area contributed by atoms with Crippen LogP contribution in [0.4, 0.5) is 0 Å². The molecule has 4 nitrogen and oxygen atoms in total. The first-order valence-corrected chi connectivity index (χ1v) is 5.35. The molecule has 1 N–H and O–H groups in total. The van der Waals surface area contributed by atoms with Gasteiger partial charge >= 0.3 is 0 Å². The van der Waals surface area contributed by atoms with Crippen LogP contribution in [0.25, 0.3) is 10.8 Å². The molecular weight excluding hydrogens is 218 g/mol. The third-order valence-corrected chi connectivity index (χ3v) is 2.89. The average molecular weight is 229 g/mol. The van der Waals surface area contributed by atoms with Gasteiger partial charge in [0.2, 0.25) is 0 Å². The summed E-state index contributed by atoms with van der Waals surface area (Å²) in [5.74, 6) is 0.0243. The molecule has 0 aliphatic carbocycles. The summed E-state index contributed by atoms with van der Waals surface area (Å²) >= 11 is 0. The Kier molecular flexibility index (Phi) is 2.23. The lowest BCUT2D eigenvalue weighted by Crippen LogP contribution is -2.44. The monoisotopic (exact) mass is 229 g/mol. The molecule has 1 saturated heterocycles. The van der Waals surface area contributed by atoms with Gasteiger partial charge in [-0.25, -0.2) is 0 Å². The van der Waals surface area contributed by atoms with Crippen molar-refractivity contribution in [3.8, 4) is 5.75 Å². The zero-order chi connectivity index (χ0) is 11.8. The minimum absolute atomic E-state index is 0.108. The summed E-state index contributed by atoms with van der Waals surface area (Å²) in [5.41, 5.74) is 0.518. The van der Waals surface area contributed by atoms with Crippen molar-refractivity contribution in [1.29, 1.82) is 0 Å². The minimum atomic E-state index is -0.108. The first-order chi connectivity index (χ1) is 8.27. The summed E-state index contributed by atoms with van der Waals surface area (Å²) in [6, 6.07) is 10.6. The smallest absolute Gasteiger partial charge is 0.258 e. The fraction of sp³-hybridized carbons (Fsp3) is 0.154. The number of fused-ring (bicyclic) bond motifs is 1. The Labute approximate surface area is 98.0 Å². The zero-order valence-electron chi connectivity index (χ0n) is 9.09. The number of phenolic OH excluding ortho intramolecular Hbond substituents is 1. The molecule has 0 spiro atoms. The number of ether oxygens (including phenoxy) is 1. The van der Waals surface area contributed by atoms with Gasteiger partial charge in [0.05, 0.1) is 5.56 Å². The van der Waals surface area contributed by atoms with Gasteiger partial charge < -0.3 is 9.84 Å². The fourth-order valence-electron chi connectivity index (χ4n) is 1.97. The van der Waals surface area contributed by atoms with Crippen LogP contribution in [0.3, 0.4) is 0 Å². The van der Waals surface area contributed by atoms with E-state index < -0.39 is 0 Å². The Bertz CT molecular complexity index is 585. The van der Waals surface area contributed by atoms with Gasteiger partial charge in [0.15, 0.2) is 0 Å². The molecule has 1 heterocycles. The Balaban J connectivity index is 2.18. The predicted molar refractivity (Wildman–Crippen MR) is 62.6 cm³/mol. The van der Waals surface area contributed by atoms with Gasteiger partial charge in [-0.2, -0.15) is 0 Å². The number of hydrogen-bond donors (Lipinski definition) is 1. The molecule has 17 heavy (non-hydrogen) atoms. The maximum atomic E-state index is 12.1. The maximum absolute atomic E-state index is 12.1. The van der Waals surface area contributed by atoms with E-state index in [-0.39, 0.29) is 11.7 Å². The van der Waals surface area contributed by atoms with Crippen molar-refractivity contribution >= 4 is 16.7 Å². The molecule has 1 aliphatic rings. The summed E-state index contributed by atoms with van der Waals surface area (Å²) in [4.78, 5) is 13.7. The molecule has 86 valence electrons. The molecule has 0 atom stereocenters. The highest BCUT2D eigenvalue weighted by atomic mass is 16.5. The van der Waals surface area contributed by atoms with Crippen LogP contribution in [0.1, 0.15) is 10.4 Å². The predicted octanol–water partition coefficient (Wildman–Crippen LogP) is 1.93. The van der Waals surface area contributed by atoms with Crippen molar-refractivity contribution in [2.45, 2.75) is 0 Å². The topological polar surface area (TPSA) is 49.8 Å². The van der Waals surface area contributed by atoms with Crippen LogP contribution in [-0.4, -0.2) is 29.4 Å². The minimum Gasteiger partial charge on any atom is -0.507 e. The van der Waals surface area contributed by atoms with Crippen LogP contribution in [0.15, 0.2) is 36.4 Å². The van der Waals surface area contributed by atoms with E-state index in [0.29, 0.717) is 24.4 Å². The Morgan fingerprint density at radius 3 is 2.53 bits per heavy atom. The van der Waals surface area contributed by atoms with E-state index in [1.807, 2.05) is 18.2 Å². The molecule has 1 fully saturated rings. The summed E-state index contributed by atoms with van der Waals surface area (Å²) < 4.78 is 4.96. The van der Waals surface area contributed by atoms with Gasteiger partial charge in [-0.3, -0.25) is 9.69 Å². The van der Waals surface area contributed by atoms with E-state index in [1.54, 1.807) is 23.1 Å². The van der Waals surface area contributed by atoms with E-state index in [1.165, 1.54) is 0 Å². The Morgan fingerprint density at radius 1 is 1.18 bits per heavy atom. The van der Waals surface area contributed by atoms with E-state index in [4.69, 9.17) is 4.74 Å². The molecule has 1 amide bonds. The van der Waals surface area contributed by atoms with Crippen LogP contribution >= 0.6 is 0 Å². The Hall–Kier alpha value is -2.07. The molecule has 0 aromatic heterocycles. The van der Waals surface area contributed by atoms with Gasteiger partial charge in [-0.05, 0) is 17.5 Å². The van der Waals surface area contributed by atoms with Gasteiger partial charge in [0.25, 0.3) is 5.91 Å². The molecule has 0 bridgehead atoms. The number of amides is 1. The number of carbonyl (C=O) groups is 1. The number of aromatic hydroxyl groups is 1. The second-order valence-corrected chi connectivity index (χ2v) is 3.99. The average Bonchev–Trinajstić information content (AvgIpc) is 2.26. The Morgan fingerprint density at radius 2 is 1.88 bits per heavy atom. The summed E-state index contributed by atoms with van der Waals surface area (Å²) in [7, 11) is 0. The summed E-state index contributed by atoms with van der Waals surface area (Å²) in [6.45, 7) is 0.644. The lowest BCUT2D eigenvalue weighted by molar-refractivity contribution is -0.116. The van der Waals surface area contributed by atoms with E-state index in [0.717, 1.165) is 5.39 Å². The molecule has 2 aromatic carbocycles. The molecule has 2 aromatic rings. The second kappa shape index (κ2) is 3.75. The van der Waals surface area contributed by atoms with Crippen molar-refractivity contribution in [3.05, 3.63) is 42.0 Å². The molecule has 0 radical (unpaired) electrons. The van der Waals surface area contributed by atoms with Crippen molar-refractivity contribution in [2.24, 2.45) is 0 Å². The zero-order valence-corrected chi connectivity index (χ0v) is 9.09. The number of hydrogen-bond acceptors (Lipinski definition) is 3. The number of rotatable bonds is 1. The number of benzene rings is 2. The van der Waals surface area contributed by atoms with E-state index in [9.17, 15) is 9.90 Å². The SMILES string of the molecule is O=C(c1cccc2cccc(O)c12)N1COC1. The lowest BCUT2D eigenvalue weighted by atomic mass is 10.0. The van der Waals surface area contributed by atoms with Gasteiger partial charge in [-0.15, -0.1) is 0 Å². The fourth-order valence-corrected chi connectivity index (χ4v) is 1.97. The normalized spacial score (nSPS) is 14.7. The highest BCUT2D eigenvalue weighted by Crippen LogP contribution is 2.29. The number of carbonyl (C=O) groups excluding carboxylic acids is 1. The van der Waals surface area contributed by atoms with Crippen molar-refractivity contribution in [3.63, 3.8) is 0 Å². The van der Waals surface area contributed by atoms with Crippen molar-refractivity contribution in [2.75, 3.05) is 13.5 Å². The van der Waals surface area contributed by atoms with Crippen LogP contribution in [0, 0.1) is 0 Å². The molecule has 3 rings (SSSR count). The first kappa shape index (κ1) is 10.1. The van der Waals surface area contributed by atoms with Gasteiger partial charge in [-0.1, -0.05) is 24.3 Å². The largest absolute Gasteiger partial charge is 0.507 e. The highest BCUT2D eigenvalue weighted by Gasteiger charge is 2.24. The van der Waals surface area contributed by atoms with Gasteiger partial charge in [0, 0.05) is 5.39 Å². The third-order valence-electron chi connectivity index (χ3n) is 2.89. The quantitative estimate of drug-likeness (QED) is 0.812. The van der Waals surface area contributed by atoms with Gasteiger partial charge in [0.1, 0.15) is 19.2 Å². The van der Waals surface area contributed by atoms with E-state index in [2.05, 4.69) is 0 Å². The summed E-state index contributed by atoms with van der Waals surface area (Å²) in [6.07, 6.45) is 0. The second-order valence-electron chi connectivity index (χ2n) is 3.99. The van der Waals surface area contributed by atoms with E-state index >= 15 is 0 Å². The molecular formula is C13H11NO3. The molecule has 0 unspecified atom stereocenters. The molecule has 1 aliphatic heterocycles. The molecule has 4 heteroatoms. The first-order valence-electron chi connectivity index (χ1n) is 5.35. The number of nitrogens with zero attached hydrogens (tertiary/aromatic N) is 1. The third kappa shape index (κ3) is 1.54. The van der Waals surface area contributed by atoms with Crippen LogP contribution in [-0.2, 0) is 4.74 Å². The van der Waals surface area contributed by atoms with Crippen LogP contribution in [0.2, 0.25) is 0 Å². The van der Waals surface area contributed by atoms with Crippen molar-refractivity contribution < 1.29 is 14.6 Å². The standard InChI is InChI=1S/C13H11NO3/c15-11-6-2-4-9-3-1-5-10(12(9)11)13(16)14-7-17-8-14/h1-6,15H,7-8H2. The van der Waals surface area contributed by atoms with Crippen molar-refractivity contribution in [1.82, 2.24) is 4.90 Å². The number of phenols is 1. The lowest BCUT2D eigenvalue weighted by Gasteiger charge is -2.31. The van der Waals surface area contributed by atoms with Crippen LogP contribution < -0.4 is 0 Å². The maximum Gasteiger partial charge on any atom is 0.258 e. The van der Waals surface area contributed by atoms with Crippen LogP contribution in [0.5, 0.6) is 5.75 Å².